The normalized spacial score (nSPS) is 35.1. The van der Waals surface area contributed by atoms with E-state index in [9.17, 15) is 20.1 Å². The third-order valence-electron chi connectivity index (χ3n) is 3.24. The Kier molecular flexibility index (Phi) is 6.67. The zero-order valence-corrected chi connectivity index (χ0v) is 11.0. The second kappa shape index (κ2) is 7.76. The summed E-state index contributed by atoms with van der Waals surface area (Å²) in [6, 6.07) is -0.933. The van der Waals surface area contributed by atoms with Crippen LogP contribution in [0.3, 0.4) is 0 Å². The smallest absolute Gasteiger partial charge is 0.220 e. The Balaban J connectivity index is 2.55. The number of aliphatic hydroxyl groups excluding tert-OH is 4. The third-order valence-corrected chi connectivity index (χ3v) is 3.24. The number of aliphatic hydroxyl groups is 4. The highest BCUT2D eigenvalue weighted by Gasteiger charge is 2.44. The van der Waals surface area contributed by atoms with Crippen molar-refractivity contribution in [1.82, 2.24) is 5.32 Å². The first kappa shape index (κ1) is 16.3. The molecule has 1 heterocycles. The van der Waals surface area contributed by atoms with Crippen molar-refractivity contribution in [2.75, 3.05) is 6.61 Å². The van der Waals surface area contributed by atoms with Crippen LogP contribution in [0, 0.1) is 0 Å². The lowest BCUT2D eigenvalue weighted by atomic mass is 9.96. The third kappa shape index (κ3) is 4.39. The quantitative estimate of drug-likeness (QED) is 0.376. The summed E-state index contributed by atoms with van der Waals surface area (Å²) in [6.07, 6.45) is -2.42. The van der Waals surface area contributed by atoms with Gasteiger partial charge in [0.15, 0.2) is 6.29 Å². The number of unbranched alkanes of at least 4 members (excludes halogenated alkanes) is 2. The fourth-order valence-electron chi connectivity index (χ4n) is 2.07. The van der Waals surface area contributed by atoms with Crippen molar-refractivity contribution in [2.24, 2.45) is 0 Å². The second-order valence-electron chi connectivity index (χ2n) is 4.78. The zero-order valence-electron chi connectivity index (χ0n) is 11.0. The number of amides is 1. The van der Waals surface area contributed by atoms with Gasteiger partial charge in [-0.2, -0.15) is 0 Å². The van der Waals surface area contributed by atoms with Crippen molar-refractivity contribution in [2.45, 2.75) is 63.3 Å². The maximum absolute atomic E-state index is 11.7. The number of hydrogen-bond donors (Lipinski definition) is 5. The fraction of sp³-hybridized carbons (Fsp3) is 0.917. The Morgan fingerprint density at radius 1 is 1.21 bits per heavy atom. The summed E-state index contributed by atoms with van der Waals surface area (Å²) in [5, 5.41) is 40.3. The molecule has 7 heteroatoms. The maximum Gasteiger partial charge on any atom is 0.220 e. The molecule has 5 N–H and O–H groups in total. The van der Waals surface area contributed by atoms with E-state index in [1.165, 1.54) is 0 Å². The first-order valence-corrected chi connectivity index (χ1v) is 6.61. The van der Waals surface area contributed by atoms with Gasteiger partial charge in [-0.25, -0.2) is 0 Å². The first-order valence-electron chi connectivity index (χ1n) is 6.61. The highest BCUT2D eigenvalue weighted by molar-refractivity contribution is 5.76. The minimum Gasteiger partial charge on any atom is -0.394 e. The molecule has 1 rings (SSSR count). The van der Waals surface area contributed by atoms with Crippen molar-refractivity contribution in [3.63, 3.8) is 0 Å². The molecule has 7 nitrogen and oxygen atoms in total. The standard InChI is InChI=1S/C12H23NO6/c1-2-3-4-5-8(15)13-9-7(6-14)19-12(18)11(17)10(9)16/h7,9-12,14,16-18H,2-6H2,1H3,(H,13,15)/t7-,9-,10+,11-,12?/m1/s1. The van der Waals surface area contributed by atoms with E-state index in [2.05, 4.69) is 5.32 Å². The Morgan fingerprint density at radius 3 is 2.47 bits per heavy atom. The van der Waals surface area contributed by atoms with Gasteiger partial charge in [-0.3, -0.25) is 4.79 Å². The van der Waals surface area contributed by atoms with Crippen LogP contribution >= 0.6 is 0 Å². The lowest BCUT2D eigenvalue weighted by molar-refractivity contribution is -0.262. The zero-order chi connectivity index (χ0) is 14.4. The minimum absolute atomic E-state index is 0.275. The van der Waals surface area contributed by atoms with Gasteiger partial charge in [0.2, 0.25) is 5.91 Å². The molecule has 0 bridgehead atoms. The highest BCUT2D eigenvalue weighted by Crippen LogP contribution is 2.19. The molecule has 1 saturated heterocycles. The molecule has 0 spiro atoms. The second-order valence-corrected chi connectivity index (χ2v) is 4.78. The fourth-order valence-corrected chi connectivity index (χ4v) is 2.07. The van der Waals surface area contributed by atoms with Gasteiger partial charge in [-0.05, 0) is 6.42 Å². The molecule has 0 aromatic rings. The number of hydrogen-bond acceptors (Lipinski definition) is 6. The number of rotatable bonds is 6. The molecular formula is C12H23NO6. The highest BCUT2D eigenvalue weighted by atomic mass is 16.6. The first-order chi connectivity index (χ1) is 9.01. The van der Waals surface area contributed by atoms with Crippen molar-refractivity contribution in [3.8, 4) is 0 Å². The number of nitrogens with one attached hydrogen (secondary N) is 1. The molecule has 0 aliphatic carbocycles. The Morgan fingerprint density at radius 2 is 1.89 bits per heavy atom. The van der Waals surface area contributed by atoms with Crippen LogP contribution in [0.2, 0.25) is 0 Å². The van der Waals surface area contributed by atoms with E-state index in [4.69, 9.17) is 9.84 Å². The van der Waals surface area contributed by atoms with Crippen LogP contribution in [0.4, 0.5) is 0 Å². The van der Waals surface area contributed by atoms with Crippen LogP contribution in [-0.4, -0.2) is 63.6 Å². The average molecular weight is 277 g/mol. The number of carbonyl (C=O) groups excluding carboxylic acids is 1. The molecule has 1 fully saturated rings. The van der Waals surface area contributed by atoms with Gasteiger partial charge in [0, 0.05) is 6.42 Å². The summed E-state index contributed by atoms with van der Waals surface area (Å²) in [5.74, 6) is -0.275. The summed E-state index contributed by atoms with van der Waals surface area (Å²) in [6.45, 7) is 1.55. The van der Waals surface area contributed by atoms with Crippen molar-refractivity contribution in [1.29, 1.82) is 0 Å². The van der Waals surface area contributed by atoms with E-state index in [1.807, 2.05) is 6.92 Å². The molecule has 1 aliphatic heterocycles. The largest absolute Gasteiger partial charge is 0.394 e. The topological polar surface area (TPSA) is 119 Å². The lowest BCUT2D eigenvalue weighted by Crippen LogP contribution is -2.64. The van der Waals surface area contributed by atoms with Crippen LogP contribution in [0.15, 0.2) is 0 Å². The lowest BCUT2D eigenvalue weighted by Gasteiger charge is -2.40. The van der Waals surface area contributed by atoms with Gasteiger partial charge < -0.3 is 30.5 Å². The van der Waals surface area contributed by atoms with Crippen molar-refractivity contribution < 1.29 is 30.0 Å². The van der Waals surface area contributed by atoms with Gasteiger partial charge >= 0.3 is 0 Å². The summed E-state index contributed by atoms with van der Waals surface area (Å²) in [4.78, 5) is 11.7. The monoisotopic (exact) mass is 277 g/mol. The van der Waals surface area contributed by atoms with E-state index in [0.29, 0.717) is 6.42 Å². The summed E-state index contributed by atoms with van der Waals surface area (Å²) in [5.41, 5.74) is 0. The van der Waals surface area contributed by atoms with Crippen LogP contribution in [0.5, 0.6) is 0 Å². The van der Waals surface area contributed by atoms with E-state index in [0.717, 1.165) is 19.3 Å². The predicted molar refractivity (Wildman–Crippen MR) is 66.1 cm³/mol. The Hall–Kier alpha value is -0.730. The van der Waals surface area contributed by atoms with E-state index in [1.54, 1.807) is 0 Å². The van der Waals surface area contributed by atoms with Gasteiger partial charge in [-0.15, -0.1) is 0 Å². The van der Waals surface area contributed by atoms with Crippen LogP contribution in [-0.2, 0) is 9.53 Å². The van der Waals surface area contributed by atoms with Crippen LogP contribution in [0.1, 0.15) is 32.6 Å². The SMILES string of the molecule is CCCCCC(=O)N[C@H]1[C@H](O)[C@@H](O)C(O)O[C@@H]1CO. The Bertz CT molecular complexity index is 285. The molecule has 1 amide bonds. The molecule has 0 aromatic heterocycles. The molecule has 0 aromatic carbocycles. The molecular weight excluding hydrogens is 254 g/mol. The minimum atomic E-state index is -1.57. The molecule has 0 saturated carbocycles. The van der Waals surface area contributed by atoms with Crippen molar-refractivity contribution >= 4 is 5.91 Å². The van der Waals surface area contributed by atoms with E-state index >= 15 is 0 Å². The van der Waals surface area contributed by atoms with Gasteiger partial charge in [-0.1, -0.05) is 19.8 Å². The number of carbonyl (C=O) groups is 1. The molecule has 5 atom stereocenters. The van der Waals surface area contributed by atoms with E-state index < -0.39 is 37.3 Å². The van der Waals surface area contributed by atoms with E-state index in [-0.39, 0.29) is 5.91 Å². The molecule has 1 unspecified atom stereocenters. The van der Waals surface area contributed by atoms with Gasteiger partial charge in [0.1, 0.15) is 18.3 Å². The summed E-state index contributed by atoms with van der Waals surface area (Å²) >= 11 is 0. The van der Waals surface area contributed by atoms with Gasteiger partial charge in [0.05, 0.1) is 12.6 Å². The maximum atomic E-state index is 11.7. The molecule has 19 heavy (non-hydrogen) atoms. The molecule has 0 radical (unpaired) electrons. The molecule has 112 valence electrons. The average Bonchev–Trinajstić information content (AvgIpc) is 2.39. The predicted octanol–water partition coefficient (Wildman–Crippen LogP) is -1.52. The summed E-state index contributed by atoms with van der Waals surface area (Å²) < 4.78 is 4.94. The van der Waals surface area contributed by atoms with Gasteiger partial charge in [0.25, 0.3) is 0 Å². The molecule has 1 aliphatic rings. The Labute approximate surface area is 112 Å². The van der Waals surface area contributed by atoms with Crippen molar-refractivity contribution in [3.05, 3.63) is 0 Å². The summed E-state index contributed by atoms with van der Waals surface area (Å²) in [7, 11) is 0. The van der Waals surface area contributed by atoms with Crippen LogP contribution in [0.25, 0.3) is 0 Å². The van der Waals surface area contributed by atoms with Crippen LogP contribution < -0.4 is 5.32 Å². The number of ether oxygens (including phenoxy) is 1.